The monoisotopic (exact) mass is 442 g/mol. The molecule has 0 aromatic rings. The van der Waals surface area contributed by atoms with Crippen LogP contribution in [-0.4, -0.2) is 68.4 Å². The minimum absolute atomic E-state index is 0.186. The van der Waals surface area contributed by atoms with Gasteiger partial charge in [0, 0.05) is 26.5 Å². The van der Waals surface area contributed by atoms with E-state index in [1.165, 1.54) is 27.2 Å². The van der Waals surface area contributed by atoms with Crippen LogP contribution < -0.4 is 0 Å². The van der Waals surface area contributed by atoms with Crippen molar-refractivity contribution in [2.45, 2.75) is 90.4 Å². The third-order valence-corrected chi connectivity index (χ3v) is 5.69. The van der Waals surface area contributed by atoms with Crippen molar-refractivity contribution >= 4 is 18.2 Å². The average Bonchev–Trinajstić information content (AvgIpc) is 2.93. The molecule has 0 bridgehead atoms. The van der Waals surface area contributed by atoms with Crippen LogP contribution in [0.5, 0.6) is 0 Å². The van der Waals surface area contributed by atoms with Gasteiger partial charge in [-0.05, 0) is 46.6 Å². The van der Waals surface area contributed by atoms with E-state index in [1.54, 1.807) is 13.8 Å². The first-order chi connectivity index (χ1) is 14.3. The van der Waals surface area contributed by atoms with Gasteiger partial charge in [-0.15, -0.1) is 0 Å². The van der Waals surface area contributed by atoms with E-state index in [0.717, 1.165) is 0 Å². The molecule has 176 valence electrons. The summed E-state index contributed by atoms with van der Waals surface area (Å²) in [5, 5.41) is 0. The maximum absolute atomic E-state index is 12.1. The Bertz CT molecular complexity index is 726. The van der Waals surface area contributed by atoms with Crippen molar-refractivity contribution in [3.63, 3.8) is 0 Å². The summed E-state index contributed by atoms with van der Waals surface area (Å²) in [5.41, 5.74) is -0.797. The Labute approximate surface area is 183 Å². The number of ether oxygens (including phenoxy) is 6. The van der Waals surface area contributed by atoms with E-state index in [-0.39, 0.29) is 18.6 Å². The van der Waals surface area contributed by atoms with Crippen LogP contribution in [0, 0.1) is 5.41 Å². The molecule has 9 nitrogen and oxygen atoms in total. The summed E-state index contributed by atoms with van der Waals surface area (Å²) in [6.45, 7) is 10.1. The lowest BCUT2D eigenvalue weighted by molar-refractivity contribution is -0.337. The van der Waals surface area contributed by atoms with Crippen LogP contribution in [0.2, 0.25) is 0 Å². The number of carbonyl (C=O) groups is 3. The molecule has 0 aromatic heterocycles. The van der Waals surface area contributed by atoms with Crippen LogP contribution in [0.15, 0.2) is 11.6 Å². The molecule has 5 atom stereocenters. The molecule has 2 rings (SSSR count). The van der Waals surface area contributed by atoms with Gasteiger partial charge in [-0.3, -0.25) is 4.79 Å². The fourth-order valence-electron chi connectivity index (χ4n) is 4.26. The van der Waals surface area contributed by atoms with Crippen molar-refractivity contribution in [3.05, 3.63) is 11.6 Å². The Morgan fingerprint density at radius 2 is 1.84 bits per heavy atom. The molecule has 2 aliphatic rings. The highest BCUT2D eigenvalue weighted by molar-refractivity contribution is 5.83. The molecule has 0 spiro atoms. The SMILES string of the molecule is COC(=O)/C=C1\CC(CC2OC(C)(C)OC2C)OC(OC)(C(C)(C)C=O)C1OC(C)=O. The van der Waals surface area contributed by atoms with E-state index < -0.39 is 41.1 Å². The Balaban J connectivity index is 2.50. The Morgan fingerprint density at radius 3 is 2.29 bits per heavy atom. The van der Waals surface area contributed by atoms with E-state index >= 15 is 0 Å². The van der Waals surface area contributed by atoms with E-state index in [1.807, 2.05) is 20.8 Å². The lowest BCUT2D eigenvalue weighted by atomic mass is 9.75. The molecule has 5 unspecified atom stereocenters. The van der Waals surface area contributed by atoms with E-state index in [0.29, 0.717) is 18.3 Å². The molecule has 2 heterocycles. The lowest BCUT2D eigenvalue weighted by Crippen LogP contribution is -2.64. The van der Waals surface area contributed by atoms with Gasteiger partial charge in [0.15, 0.2) is 11.9 Å². The van der Waals surface area contributed by atoms with Gasteiger partial charge < -0.3 is 33.2 Å². The quantitative estimate of drug-likeness (QED) is 0.333. The Hall–Kier alpha value is -1.81. The molecular weight excluding hydrogens is 408 g/mol. The van der Waals surface area contributed by atoms with Crippen LogP contribution in [-0.2, 0) is 42.8 Å². The molecule has 0 N–H and O–H groups in total. The third-order valence-electron chi connectivity index (χ3n) is 5.69. The topological polar surface area (TPSA) is 107 Å². The van der Waals surface area contributed by atoms with Crippen molar-refractivity contribution in [1.82, 2.24) is 0 Å². The fourth-order valence-corrected chi connectivity index (χ4v) is 4.26. The highest BCUT2D eigenvalue weighted by Gasteiger charge is 2.60. The second-order valence-corrected chi connectivity index (χ2v) is 9.00. The molecule has 2 aliphatic heterocycles. The van der Waals surface area contributed by atoms with Gasteiger partial charge in [-0.2, -0.15) is 0 Å². The molecule has 0 radical (unpaired) electrons. The predicted molar refractivity (Wildman–Crippen MR) is 109 cm³/mol. The summed E-state index contributed by atoms with van der Waals surface area (Å²) in [6.07, 6.45) is 0.513. The van der Waals surface area contributed by atoms with Crippen molar-refractivity contribution in [2.75, 3.05) is 14.2 Å². The van der Waals surface area contributed by atoms with Gasteiger partial charge in [0.25, 0.3) is 0 Å². The largest absolute Gasteiger partial charge is 0.466 e. The summed E-state index contributed by atoms with van der Waals surface area (Å²) in [7, 11) is 2.63. The van der Waals surface area contributed by atoms with Gasteiger partial charge in [0.05, 0.1) is 30.8 Å². The third kappa shape index (κ3) is 5.34. The van der Waals surface area contributed by atoms with Crippen molar-refractivity contribution in [3.8, 4) is 0 Å². The van der Waals surface area contributed by atoms with Gasteiger partial charge in [-0.1, -0.05) is 0 Å². The smallest absolute Gasteiger partial charge is 0.330 e. The summed E-state index contributed by atoms with van der Waals surface area (Å²) < 4.78 is 34.3. The Morgan fingerprint density at radius 1 is 1.19 bits per heavy atom. The zero-order chi connectivity index (χ0) is 23.6. The number of rotatable bonds is 7. The van der Waals surface area contributed by atoms with E-state index in [9.17, 15) is 14.4 Å². The second-order valence-electron chi connectivity index (χ2n) is 9.00. The average molecular weight is 443 g/mol. The predicted octanol–water partition coefficient (Wildman–Crippen LogP) is 2.30. The molecule has 9 heteroatoms. The zero-order valence-corrected chi connectivity index (χ0v) is 19.6. The van der Waals surface area contributed by atoms with Crippen molar-refractivity contribution in [1.29, 1.82) is 0 Å². The minimum atomic E-state index is -1.67. The number of esters is 2. The molecule has 31 heavy (non-hydrogen) atoms. The van der Waals surface area contributed by atoms with Gasteiger partial charge in [0.1, 0.15) is 6.29 Å². The lowest BCUT2D eigenvalue weighted by Gasteiger charge is -2.51. The number of methoxy groups -OCH3 is 2. The summed E-state index contributed by atoms with van der Waals surface area (Å²) in [6, 6.07) is 0. The van der Waals surface area contributed by atoms with Gasteiger partial charge >= 0.3 is 11.9 Å². The second kappa shape index (κ2) is 9.36. The van der Waals surface area contributed by atoms with Crippen LogP contribution in [0.3, 0.4) is 0 Å². The van der Waals surface area contributed by atoms with Crippen LogP contribution in [0.4, 0.5) is 0 Å². The highest BCUT2D eigenvalue weighted by Crippen LogP contribution is 2.47. The van der Waals surface area contributed by atoms with Crippen molar-refractivity contribution < 1.29 is 42.8 Å². The van der Waals surface area contributed by atoms with E-state index in [2.05, 4.69) is 0 Å². The molecule has 2 fully saturated rings. The van der Waals surface area contributed by atoms with Crippen LogP contribution >= 0.6 is 0 Å². The van der Waals surface area contributed by atoms with Crippen molar-refractivity contribution in [2.24, 2.45) is 5.41 Å². The first-order valence-electron chi connectivity index (χ1n) is 10.3. The zero-order valence-electron chi connectivity index (χ0n) is 19.6. The van der Waals surface area contributed by atoms with Gasteiger partial charge in [-0.25, -0.2) is 4.79 Å². The molecular formula is C22H34O9. The molecule has 0 amide bonds. The first kappa shape index (κ1) is 25.5. The number of aldehydes is 1. The van der Waals surface area contributed by atoms with Crippen LogP contribution in [0.1, 0.15) is 54.4 Å². The molecule has 0 aromatic carbocycles. The molecule has 0 aliphatic carbocycles. The van der Waals surface area contributed by atoms with Crippen LogP contribution in [0.25, 0.3) is 0 Å². The van der Waals surface area contributed by atoms with E-state index in [4.69, 9.17) is 28.4 Å². The highest BCUT2D eigenvalue weighted by atomic mass is 16.8. The molecule has 0 saturated carbocycles. The summed E-state index contributed by atoms with van der Waals surface area (Å²) >= 11 is 0. The Kier molecular flexibility index (Phi) is 7.68. The maximum atomic E-state index is 12.1. The normalized spacial score (nSPS) is 34.4. The van der Waals surface area contributed by atoms with Gasteiger partial charge in [0.2, 0.25) is 5.79 Å². The number of carbonyl (C=O) groups excluding carboxylic acids is 3. The number of hydrogen-bond donors (Lipinski definition) is 0. The fraction of sp³-hybridized carbons (Fsp3) is 0.773. The first-order valence-corrected chi connectivity index (χ1v) is 10.3. The summed E-state index contributed by atoms with van der Waals surface area (Å²) in [4.78, 5) is 36.0. The minimum Gasteiger partial charge on any atom is -0.466 e. The number of hydrogen-bond acceptors (Lipinski definition) is 9. The maximum Gasteiger partial charge on any atom is 0.330 e. The summed E-state index contributed by atoms with van der Waals surface area (Å²) in [5.74, 6) is -3.61. The standard InChI is InChI=1S/C22H34O9/c1-13-17(31-21(5,6)29-13)11-16-9-15(10-18(25)26-7)19(28-14(2)24)22(27-8,30-16)20(3,4)12-23/h10,12-13,16-17,19H,9,11H2,1-8H3/b15-10+. The molecule has 2 saturated heterocycles.